The third-order valence-corrected chi connectivity index (χ3v) is 6.78. The lowest BCUT2D eigenvalue weighted by Crippen LogP contribution is -2.46. The second-order valence-electron chi connectivity index (χ2n) is 7.26. The van der Waals surface area contributed by atoms with Crippen LogP contribution in [0.15, 0.2) is 30.3 Å². The van der Waals surface area contributed by atoms with Gasteiger partial charge < -0.3 is 14.4 Å². The molecule has 0 saturated carbocycles. The molecule has 0 aliphatic carbocycles. The minimum atomic E-state index is -1.25. The van der Waals surface area contributed by atoms with Crippen LogP contribution in [0.4, 0.5) is 0 Å². The lowest BCUT2D eigenvalue weighted by atomic mass is 9.71. The normalized spacial score (nSPS) is 23.0. The quantitative estimate of drug-likeness (QED) is 0.237. The Morgan fingerprint density at radius 1 is 1.18 bits per heavy atom. The first-order valence-corrected chi connectivity index (χ1v) is 10.8. The molecule has 0 N–H and O–H groups in total. The summed E-state index contributed by atoms with van der Waals surface area (Å²) in [6, 6.07) is 9.69. The molecule has 1 aromatic carbocycles. The number of likely N-dealkylation sites (tertiary alicyclic amines) is 1. The van der Waals surface area contributed by atoms with Crippen LogP contribution in [-0.4, -0.2) is 46.4 Å². The fourth-order valence-corrected chi connectivity index (χ4v) is 4.32. The molecule has 7 heteroatoms. The van der Waals surface area contributed by atoms with Gasteiger partial charge in [0.1, 0.15) is 0 Å². The number of hydrogen-bond donors (Lipinski definition) is 0. The van der Waals surface area contributed by atoms with E-state index in [0.29, 0.717) is 13.1 Å². The molecule has 1 aliphatic rings. The average molecular weight is 501 g/mol. The van der Waals surface area contributed by atoms with Gasteiger partial charge in [-0.1, -0.05) is 66.8 Å². The Bertz CT molecular complexity index is 690. The van der Waals surface area contributed by atoms with Crippen LogP contribution in [0.1, 0.15) is 33.3 Å². The van der Waals surface area contributed by atoms with Crippen molar-refractivity contribution in [2.75, 3.05) is 19.8 Å². The Hall–Kier alpha value is -1.64. The number of alkyl halides is 1. The van der Waals surface area contributed by atoms with Crippen LogP contribution in [0.25, 0.3) is 0 Å². The van der Waals surface area contributed by atoms with Crippen molar-refractivity contribution in [3.8, 4) is 0 Å². The standard InChI is InChI=1S/C21H28INO5/c1-5-27-19(25)16(20(26)28-6-2)17-18(24)23(13-21(17,4)14(3)22)12-15-10-8-7-9-11-15/h7-11,14,16-17H,5-6,12-13H2,1-4H3/t14-,17+,21-/m0/s1. The molecular weight excluding hydrogens is 473 g/mol. The van der Waals surface area contributed by atoms with Crippen LogP contribution < -0.4 is 0 Å². The molecule has 0 unspecified atom stereocenters. The summed E-state index contributed by atoms with van der Waals surface area (Å²) >= 11 is 2.27. The summed E-state index contributed by atoms with van der Waals surface area (Å²) in [5, 5.41) is 0. The predicted octanol–water partition coefficient (Wildman–Crippen LogP) is 3.22. The third-order valence-electron chi connectivity index (χ3n) is 5.36. The number of nitrogens with zero attached hydrogens (tertiary/aromatic N) is 1. The topological polar surface area (TPSA) is 72.9 Å². The molecule has 28 heavy (non-hydrogen) atoms. The van der Waals surface area contributed by atoms with Gasteiger partial charge >= 0.3 is 11.9 Å². The monoisotopic (exact) mass is 501 g/mol. The first-order valence-electron chi connectivity index (χ1n) is 9.56. The lowest BCUT2D eigenvalue weighted by molar-refractivity contribution is -0.168. The van der Waals surface area contributed by atoms with E-state index in [1.165, 1.54) is 0 Å². The number of carbonyl (C=O) groups excluding carboxylic acids is 3. The molecule has 0 bridgehead atoms. The van der Waals surface area contributed by atoms with Crippen molar-refractivity contribution in [1.29, 1.82) is 0 Å². The van der Waals surface area contributed by atoms with Crippen molar-refractivity contribution in [3.05, 3.63) is 35.9 Å². The number of benzene rings is 1. The minimum Gasteiger partial charge on any atom is -0.465 e. The van der Waals surface area contributed by atoms with E-state index >= 15 is 0 Å². The highest BCUT2D eigenvalue weighted by molar-refractivity contribution is 14.1. The van der Waals surface area contributed by atoms with Crippen LogP contribution in [-0.2, 0) is 30.4 Å². The van der Waals surface area contributed by atoms with Gasteiger partial charge in [-0.15, -0.1) is 0 Å². The number of halogens is 1. The highest BCUT2D eigenvalue weighted by Gasteiger charge is 2.59. The van der Waals surface area contributed by atoms with Gasteiger partial charge in [0.05, 0.1) is 19.1 Å². The van der Waals surface area contributed by atoms with Crippen molar-refractivity contribution in [1.82, 2.24) is 4.90 Å². The Labute approximate surface area is 180 Å². The smallest absolute Gasteiger partial charge is 0.321 e. The van der Waals surface area contributed by atoms with Crippen LogP contribution >= 0.6 is 22.6 Å². The zero-order valence-electron chi connectivity index (χ0n) is 16.8. The van der Waals surface area contributed by atoms with E-state index in [-0.39, 0.29) is 23.0 Å². The Morgan fingerprint density at radius 2 is 1.71 bits per heavy atom. The molecule has 6 nitrogen and oxygen atoms in total. The lowest BCUT2D eigenvalue weighted by Gasteiger charge is -2.34. The Kier molecular flexibility index (Phi) is 7.86. The second-order valence-corrected chi connectivity index (χ2v) is 9.13. The van der Waals surface area contributed by atoms with Crippen molar-refractivity contribution >= 4 is 40.4 Å². The van der Waals surface area contributed by atoms with E-state index in [2.05, 4.69) is 22.6 Å². The molecule has 1 saturated heterocycles. The summed E-state index contributed by atoms with van der Waals surface area (Å²) in [5.41, 5.74) is 0.431. The van der Waals surface area contributed by atoms with Gasteiger partial charge in [-0.05, 0) is 19.4 Å². The van der Waals surface area contributed by atoms with Crippen LogP contribution in [0, 0.1) is 17.3 Å². The first-order chi connectivity index (χ1) is 13.3. The fraction of sp³-hybridized carbons (Fsp3) is 0.571. The molecule has 1 aromatic rings. The van der Waals surface area contributed by atoms with E-state index in [0.717, 1.165) is 5.56 Å². The summed E-state index contributed by atoms with van der Waals surface area (Å²) in [7, 11) is 0. The molecule has 154 valence electrons. The molecule has 2 rings (SSSR count). The predicted molar refractivity (Wildman–Crippen MR) is 114 cm³/mol. The number of hydrogen-bond acceptors (Lipinski definition) is 5. The van der Waals surface area contributed by atoms with E-state index in [1.54, 1.807) is 18.7 Å². The van der Waals surface area contributed by atoms with Crippen molar-refractivity contribution in [2.24, 2.45) is 17.3 Å². The maximum Gasteiger partial charge on any atom is 0.321 e. The third kappa shape index (κ3) is 4.67. The van der Waals surface area contributed by atoms with Crippen LogP contribution in [0.3, 0.4) is 0 Å². The SMILES string of the molecule is CCOC(=O)C(C(=O)OCC)[C@@H]1C(=O)N(Cc2ccccc2)C[C@@]1(C)[C@H](C)I. The minimum absolute atomic E-state index is 0.0474. The van der Waals surface area contributed by atoms with Gasteiger partial charge in [-0.2, -0.15) is 0 Å². The zero-order valence-corrected chi connectivity index (χ0v) is 19.0. The maximum absolute atomic E-state index is 13.4. The van der Waals surface area contributed by atoms with E-state index in [4.69, 9.17) is 9.47 Å². The Morgan fingerprint density at radius 3 is 2.18 bits per heavy atom. The van der Waals surface area contributed by atoms with Gasteiger partial charge in [-0.25, -0.2) is 0 Å². The van der Waals surface area contributed by atoms with Crippen LogP contribution in [0.5, 0.6) is 0 Å². The zero-order chi connectivity index (χ0) is 20.9. The van der Waals surface area contributed by atoms with Gasteiger partial charge in [0.15, 0.2) is 5.92 Å². The van der Waals surface area contributed by atoms with E-state index in [9.17, 15) is 14.4 Å². The van der Waals surface area contributed by atoms with Gasteiger partial charge in [0.25, 0.3) is 0 Å². The molecule has 1 amide bonds. The summed E-state index contributed by atoms with van der Waals surface area (Å²) in [6.07, 6.45) is 0. The summed E-state index contributed by atoms with van der Waals surface area (Å²) in [5.74, 6) is -3.66. The number of amides is 1. The first kappa shape index (κ1) is 22.6. The molecule has 3 atom stereocenters. The number of rotatable bonds is 8. The summed E-state index contributed by atoms with van der Waals surface area (Å²) in [6.45, 7) is 8.50. The van der Waals surface area contributed by atoms with Gasteiger partial charge in [0, 0.05) is 22.4 Å². The molecule has 0 radical (unpaired) electrons. The maximum atomic E-state index is 13.4. The molecule has 0 spiro atoms. The summed E-state index contributed by atoms with van der Waals surface area (Å²) < 4.78 is 10.3. The van der Waals surface area contributed by atoms with Crippen molar-refractivity contribution in [3.63, 3.8) is 0 Å². The van der Waals surface area contributed by atoms with E-state index in [1.807, 2.05) is 44.2 Å². The van der Waals surface area contributed by atoms with Crippen molar-refractivity contribution in [2.45, 2.75) is 38.2 Å². The number of ether oxygens (including phenoxy) is 2. The molecule has 1 fully saturated rings. The molecule has 1 heterocycles. The van der Waals surface area contributed by atoms with E-state index < -0.39 is 29.2 Å². The molecule has 0 aromatic heterocycles. The van der Waals surface area contributed by atoms with Crippen LogP contribution in [0.2, 0.25) is 0 Å². The highest BCUT2D eigenvalue weighted by atomic mass is 127. The highest BCUT2D eigenvalue weighted by Crippen LogP contribution is 2.47. The second kappa shape index (κ2) is 9.71. The number of esters is 2. The fourth-order valence-electron chi connectivity index (χ4n) is 3.73. The summed E-state index contributed by atoms with van der Waals surface area (Å²) in [4.78, 5) is 40.5. The largest absolute Gasteiger partial charge is 0.465 e. The molecular formula is C21H28INO5. The van der Waals surface area contributed by atoms with Gasteiger partial charge in [0.2, 0.25) is 5.91 Å². The molecule has 1 aliphatic heterocycles. The number of carbonyl (C=O) groups is 3. The van der Waals surface area contributed by atoms with Gasteiger partial charge in [-0.3, -0.25) is 14.4 Å². The Balaban J connectivity index is 2.42. The average Bonchev–Trinajstić information content (AvgIpc) is 2.89. The van der Waals surface area contributed by atoms with Crippen molar-refractivity contribution < 1.29 is 23.9 Å².